The van der Waals surface area contributed by atoms with E-state index >= 15 is 0 Å². The zero-order valence-electron chi connectivity index (χ0n) is 11.7. The highest BCUT2D eigenvalue weighted by Gasteiger charge is 2.16. The second kappa shape index (κ2) is 6.86. The van der Waals surface area contributed by atoms with Gasteiger partial charge in [0.25, 0.3) is 5.22 Å². The lowest BCUT2D eigenvalue weighted by molar-refractivity contribution is 0.465. The Kier molecular flexibility index (Phi) is 4.86. The number of hydrogen-bond donors (Lipinski definition) is 0. The van der Waals surface area contributed by atoms with Gasteiger partial charge in [0, 0.05) is 14.7 Å². The Labute approximate surface area is 146 Å². The summed E-state index contributed by atoms with van der Waals surface area (Å²) in [6, 6.07) is 15.5. The standard InChI is InChI=1S/C16H12BrClN2OS/c1-10(11-6-3-5-9-14(11)18)22-16-20-19-15(21-16)12-7-2-4-8-13(12)17/h2-10H,1H3. The molecule has 0 aliphatic rings. The highest BCUT2D eigenvalue weighted by molar-refractivity contribution is 9.10. The van der Waals surface area contributed by atoms with Crippen molar-refractivity contribution in [1.29, 1.82) is 0 Å². The van der Waals surface area contributed by atoms with E-state index in [0.29, 0.717) is 11.1 Å². The lowest BCUT2D eigenvalue weighted by Crippen LogP contribution is -1.89. The first kappa shape index (κ1) is 15.6. The fourth-order valence-corrected chi connectivity index (χ4v) is 3.69. The highest BCUT2D eigenvalue weighted by Crippen LogP contribution is 2.38. The third-order valence-electron chi connectivity index (χ3n) is 3.13. The highest BCUT2D eigenvalue weighted by atomic mass is 79.9. The summed E-state index contributed by atoms with van der Waals surface area (Å²) >= 11 is 11.2. The first-order valence-electron chi connectivity index (χ1n) is 6.64. The largest absolute Gasteiger partial charge is 0.411 e. The molecule has 0 aliphatic heterocycles. The van der Waals surface area contributed by atoms with Crippen LogP contribution in [0.15, 0.2) is 62.6 Å². The molecule has 3 nitrogen and oxygen atoms in total. The van der Waals surface area contributed by atoms with Crippen LogP contribution in [0.25, 0.3) is 11.5 Å². The fourth-order valence-electron chi connectivity index (χ4n) is 2.02. The molecule has 0 radical (unpaired) electrons. The van der Waals surface area contributed by atoms with Crippen molar-refractivity contribution in [3.8, 4) is 11.5 Å². The first-order valence-corrected chi connectivity index (χ1v) is 8.69. The van der Waals surface area contributed by atoms with Gasteiger partial charge in [-0.2, -0.15) is 0 Å². The van der Waals surface area contributed by atoms with E-state index in [4.69, 9.17) is 16.0 Å². The third kappa shape index (κ3) is 3.37. The van der Waals surface area contributed by atoms with Crippen LogP contribution >= 0.6 is 39.3 Å². The van der Waals surface area contributed by atoms with Gasteiger partial charge in [-0.05, 0) is 46.6 Å². The molecule has 3 aromatic rings. The van der Waals surface area contributed by atoms with Crippen LogP contribution in [-0.2, 0) is 0 Å². The molecular formula is C16H12BrClN2OS. The Balaban J connectivity index is 1.80. The monoisotopic (exact) mass is 394 g/mol. The van der Waals surface area contributed by atoms with Crippen LogP contribution in [0.1, 0.15) is 17.7 Å². The van der Waals surface area contributed by atoms with Gasteiger partial charge in [0.2, 0.25) is 5.89 Å². The number of benzene rings is 2. The maximum absolute atomic E-state index is 6.22. The summed E-state index contributed by atoms with van der Waals surface area (Å²) in [5.74, 6) is 0.501. The van der Waals surface area contributed by atoms with Crippen molar-refractivity contribution in [1.82, 2.24) is 10.2 Å². The normalized spacial score (nSPS) is 12.3. The van der Waals surface area contributed by atoms with E-state index in [2.05, 4.69) is 33.1 Å². The molecule has 1 unspecified atom stereocenters. The van der Waals surface area contributed by atoms with Crippen LogP contribution in [0.3, 0.4) is 0 Å². The van der Waals surface area contributed by atoms with Gasteiger partial charge in [0.1, 0.15) is 0 Å². The molecule has 0 saturated carbocycles. The average Bonchev–Trinajstić information content (AvgIpc) is 2.96. The van der Waals surface area contributed by atoms with Gasteiger partial charge in [-0.1, -0.05) is 53.7 Å². The van der Waals surface area contributed by atoms with Crippen molar-refractivity contribution in [2.45, 2.75) is 17.4 Å². The Morgan fingerprint density at radius 2 is 1.82 bits per heavy atom. The minimum atomic E-state index is 0.126. The summed E-state index contributed by atoms with van der Waals surface area (Å²) in [5.41, 5.74) is 1.93. The molecule has 0 N–H and O–H groups in total. The van der Waals surface area contributed by atoms with Gasteiger partial charge in [0.05, 0.1) is 5.56 Å². The minimum Gasteiger partial charge on any atom is -0.411 e. The van der Waals surface area contributed by atoms with Crippen molar-refractivity contribution in [2.24, 2.45) is 0 Å². The summed E-state index contributed by atoms with van der Waals surface area (Å²) in [6.45, 7) is 2.06. The van der Waals surface area contributed by atoms with Crippen LogP contribution in [0.2, 0.25) is 5.02 Å². The van der Waals surface area contributed by atoms with E-state index in [-0.39, 0.29) is 5.25 Å². The SMILES string of the molecule is CC(Sc1nnc(-c2ccccc2Br)o1)c1ccccc1Cl. The summed E-state index contributed by atoms with van der Waals surface area (Å²) in [7, 11) is 0. The molecule has 2 aromatic carbocycles. The molecular weight excluding hydrogens is 384 g/mol. The zero-order valence-corrected chi connectivity index (χ0v) is 14.8. The number of halogens is 2. The quantitative estimate of drug-likeness (QED) is 0.507. The molecule has 1 heterocycles. The molecule has 0 aliphatic carbocycles. The van der Waals surface area contributed by atoms with Crippen molar-refractivity contribution in [3.05, 3.63) is 63.6 Å². The summed E-state index contributed by atoms with van der Waals surface area (Å²) < 4.78 is 6.68. The number of hydrogen-bond acceptors (Lipinski definition) is 4. The molecule has 22 heavy (non-hydrogen) atoms. The maximum atomic E-state index is 6.22. The van der Waals surface area contributed by atoms with Crippen molar-refractivity contribution in [3.63, 3.8) is 0 Å². The molecule has 0 spiro atoms. The van der Waals surface area contributed by atoms with Gasteiger partial charge in [-0.15, -0.1) is 10.2 Å². The maximum Gasteiger partial charge on any atom is 0.277 e. The molecule has 0 bridgehead atoms. The Bertz CT molecular complexity index is 793. The van der Waals surface area contributed by atoms with Crippen molar-refractivity contribution >= 4 is 39.3 Å². The minimum absolute atomic E-state index is 0.126. The summed E-state index contributed by atoms with van der Waals surface area (Å²) in [4.78, 5) is 0. The first-order chi connectivity index (χ1) is 10.6. The molecule has 1 atom stereocenters. The van der Waals surface area contributed by atoms with Crippen LogP contribution in [0.5, 0.6) is 0 Å². The zero-order chi connectivity index (χ0) is 15.5. The molecule has 0 fully saturated rings. The smallest absolute Gasteiger partial charge is 0.277 e. The Morgan fingerprint density at radius 3 is 2.59 bits per heavy atom. The van der Waals surface area contributed by atoms with Gasteiger partial charge < -0.3 is 4.42 Å². The van der Waals surface area contributed by atoms with E-state index in [9.17, 15) is 0 Å². The number of rotatable bonds is 4. The lowest BCUT2D eigenvalue weighted by Gasteiger charge is -2.10. The van der Waals surface area contributed by atoms with E-state index in [0.717, 1.165) is 20.6 Å². The van der Waals surface area contributed by atoms with E-state index in [1.165, 1.54) is 11.8 Å². The van der Waals surface area contributed by atoms with Crippen LogP contribution in [0, 0.1) is 0 Å². The van der Waals surface area contributed by atoms with Crippen LogP contribution in [-0.4, -0.2) is 10.2 Å². The second-order valence-corrected chi connectivity index (χ2v) is 7.19. The molecule has 6 heteroatoms. The van der Waals surface area contributed by atoms with Gasteiger partial charge >= 0.3 is 0 Å². The molecule has 0 saturated heterocycles. The topological polar surface area (TPSA) is 38.9 Å². The number of thioether (sulfide) groups is 1. The van der Waals surface area contributed by atoms with E-state index in [1.54, 1.807) is 0 Å². The van der Waals surface area contributed by atoms with E-state index < -0.39 is 0 Å². The summed E-state index contributed by atoms with van der Waals surface area (Å²) in [5, 5.41) is 9.62. The van der Waals surface area contributed by atoms with Gasteiger partial charge in [-0.3, -0.25) is 0 Å². The predicted molar refractivity (Wildman–Crippen MR) is 93.2 cm³/mol. The second-order valence-electron chi connectivity index (χ2n) is 4.63. The number of aromatic nitrogens is 2. The van der Waals surface area contributed by atoms with Gasteiger partial charge in [-0.25, -0.2) is 0 Å². The fraction of sp³-hybridized carbons (Fsp3) is 0.125. The average molecular weight is 396 g/mol. The Hall–Kier alpha value is -1.30. The molecule has 3 rings (SSSR count). The molecule has 112 valence electrons. The number of nitrogens with zero attached hydrogens (tertiary/aromatic N) is 2. The third-order valence-corrected chi connectivity index (χ3v) is 5.14. The van der Waals surface area contributed by atoms with Crippen LogP contribution < -0.4 is 0 Å². The van der Waals surface area contributed by atoms with Crippen molar-refractivity contribution in [2.75, 3.05) is 0 Å². The predicted octanol–water partition coefficient (Wildman–Crippen LogP) is 6.01. The van der Waals surface area contributed by atoms with Crippen LogP contribution in [0.4, 0.5) is 0 Å². The molecule has 1 aromatic heterocycles. The van der Waals surface area contributed by atoms with Crippen molar-refractivity contribution < 1.29 is 4.42 Å². The molecule has 0 amide bonds. The Morgan fingerprint density at radius 1 is 1.09 bits per heavy atom. The summed E-state index contributed by atoms with van der Waals surface area (Å²) in [6.07, 6.45) is 0. The lowest BCUT2D eigenvalue weighted by atomic mass is 10.2. The van der Waals surface area contributed by atoms with E-state index in [1.807, 2.05) is 48.5 Å². The van der Waals surface area contributed by atoms with Gasteiger partial charge in [0.15, 0.2) is 0 Å².